The highest BCUT2D eigenvalue weighted by atomic mass is 79.9. The molecule has 1 aliphatic rings. The van der Waals surface area contributed by atoms with Crippen molar-refractivity contribution >= 4 is 38.5 Å². The van der Waals surface area contributed by atoms with Crippen molar-refractivity contribution in [3.63, 3.8) is 0 Å². The first-order chi connectivity index (χ1) is 7.95. The lowest BCUT2D eigenvalue weighted by Gasteiger charge is -2.11. The molecule has 0 atom stereocenters. The molecule has 0 spiro atoms. The van der Waals surface area contributed by atoms with Crippen LogP contribution in [0.2, 0.25) is 0 Å². The van der Waals surface area contributed by atoms with Crippen molar-refractivity contribution in [2.24, 2.45) is 4.99 Å². The van der Waals surface area contributed by atoms with Gasteiger partial charge in [-0.15, -0.1) is 0 Å². The summed E-state index contributed by atoms with van der Waals surface area (Å²) in [6.45, 7) is 0.702. The molecular weight excluding hydrogens is 317 g/mol. The molecule has 1 N–H and O–H groups in total. The number of halogens is 4. The first-order valence-corrected chi connectivity index (χ1v) is 6.55. The standard InChI is InChI=1S/C10H8BrF3N2S/c11-7-3-6(10(12,13)14)4-8(5-7)16-9-15-1-2-17-9/h3-5H,1-2H2,(H,15,16). The monoisotopic (exact) mass is 324 g/mol. The summed E-state index contributed by atoms with van der Waals surface area (Å²) >= 11 is 4.57. The maximum absolute atomic E-state index is 12.6. The Morgan fingerprint density at radius 1 is 1.29 bits per heavy atom. The first-order valence-electron chi connectivity index (χ1n) is 4.77. The van der Waals surface area contributed by atoms with E-state index in [-0.39, 0.29) is 0 Å². The van der Waals surface area contributed by atoms with Gasteiger partial charge in [0.15, 0.2) is 5.17 Å². The van der Waals surface area contributed by atoms with Gasteiger partial charge in [0.05, 0.1) is 12.1 Å². The quantitative estimate of drug-likeness (QED) is 0.844. The lowest BCUT2D eigenvalue weighted by atomic mass is 10.2. The second kappa shape index (κ2) is 4.89. The Bertz CT molecular complexity index is 459. The van der Waals surface area contributed by atoms with Gasteiger partial charge in [0.1, 0.15) is 0 Å². The van der Waals surface area contributed by atoms with Crippen LogP contribution in [0.4, 0.5) is 18.9 Å². The number of hydrogen-bond donors (Lipinski definition) is 1. The van der Waals surface area contributed by atoms with Crippen molar-refractivity contribution in [3.8, 4) is 0 Å². The van der Waals surface area contributed by atoms with Gasteiger partial charge in [-0.1, -0.05) is 27.7 Å². The van der Waals surface area contributed by atoms with E-state index in [1.165, 1.54) is 11.8 Å². The summed E-state index contributed by atoms with van der Waals surface area (Å²) in [5.41, 5.74) is -0.294. The molecule has 0 aliphatic carbocycles. The molecule has 92 valence electrons. The van der Waals surface area contributed by atoms with Crippen molar-refractivity contribution in [1.29, 1.82) is 0 Å². The van der Waals surface area contributed by atoms with Crippen molar-refractivity contribution in [2.45, 2.75) is 6.18 Å². The van der Waals surface area contributed by atoms with Gasteiger partial charge in [0, 0.05) is 15.9 Å². The van der Waals surface area contributed by atoms with Crippen molar-refractivity contribution in [1.82, 2.24) is 0 Å². The molecule has 7 heteroatoms. The van der Waals surface area contributed by atoms with Gasteiger partial charge >= 0.3 is 6.18 Å². The predicted octanol–water partition coefficient (Wildman–Crippen LogP) is 3.98. The van der Waals surface area contributed by atoms with Gasteiger partial charge in [-0.3, -0.25) is 4.99 Å². The van der Waals surface area contributed by atoms with E-state index in [0.717, 1.165) is 17.9 Å². The van der Waals surface area contributed by atoms with E-state index in [2.05, 4.69) is 26.2 Å². The fraction of sp³-hybridized carbons (Fsp3) is 0.300. The number of aliphatic imine (C=N–C) groups is 1. The normalized spacial score (nSPS) is 15.9. The summed E-state index contributed by atoms with van der Waals surface area (Å²) in [5, 5.41) is 3.54. The second-order valence-electron chi connectivity index (χ2n) is 3.39. The SMILES string of the molecule is FC(F)(F)c1cc(Br)cc(NC2=NCCS2)c1. The van der Waals surface area contributed by atoms with Crippen LogP contribution in [0.3, 0.4) is 0 Å². The number of hydrogen-bond acceptors (Lipinski definition) is 3. The molecule has 0 saturated carbocycles. The zero-order chi connectivity index (χ0) is 12.5. The summed E-state index contributed by atoms with van der Waals surface area (Å²) in [4.78, 5) is 4.12. The Labute approximate surface area is 109 Å². The summed E-state index contributed by atoms with van der Waals surface area (Å²) < 4.78 is 38.1. The van der Waals surface area contributed by atoms with Crippen LogP contribution in [0.25, 0.3) is 0 Å². The summed E-state index contributed by atoms with van der Waals surface area (Å²) in [6, 6.07) is 3.72. The number of nitrogens with one attached hydrogen (secondary N) is 1. The van der Waals surface area contributed by atoms with Crippen LogP contribution < -0.4 is 5.32 Å². The highest BCUT2D eigenvalue weighted by Crippen LogP contribution is 2.33. The lowest BCUT2D eigenvalue weighted by molar-refractivity contribution is -0.137. The van der Waals surface area contributed by atoms with E-state index in [4.69, 9.17) is 0 Å². The highest BCUT2D eigenvalue weighted by Gasteiger charge is 2.31. The van der Waals surface area contributed by atoms with Crippen LogP contribution in [0, 0.1) is 0 Å². The Morgan fingerprint density at radius 2 is 2.06 bits per heavy atom. The summed E-state index contributed by atoms with van der Waals surface area (Å²) in [5.74, 6) is 0.864. The Balaban J connectivity index is 2.25. The molecule has 0 amide bonds. The van der Waals surface area contributed by atoms with Gasteiger partial charge in [0.25, 0.3) is 0 Å². The molecule has 0 radical (unpaired) electrons. The molecule has 1 aromatic rings. The number of benzene rings is 1. The van der Waals surface area contributed by atoms with Gasteiger partial charge in [-0.05, 0) is 18.2 Å². The second-order valence-corrected chi connectivity index (χ2v) is 5.39. The van der Waals surface area contributed by atoms with E-state index in [9.17, 15) is 13.2 Å². The van der Waals surface area contributed by atoms with Crippen molar-refractivity contribution in [2.75, 3.05) is 17.6 Å². The predicted molar refractivity (Wildman–Crippen MR) is 67.5 cm³/mol. The molecule has 17 heavy (non-hydrogen) atoms. The van der Waals surface area contributed by atoms with E-state index < -0.39 is 11.7 Å². The molecule has 2 rings (SSSR count). The number of amidine groups is 1. The fourth-order valence-corrected chi connectivity index (χ4v) is 2.60. The molecule has 0 bridgehead atoms. The van der Waals surface area contributed by atoms with Crippen molar-refractivity contribution in [3.05, 3.63) is 28.2 Å². The summed E-state index contributed by atoms with van der Waals surface area (Å²) in [7, 11) is 0. The van der Waals surface area contributed by atoms with E-state index >= 15 is 0 Å². The smallest absolute Gasteiger partial charge is 0.335 e. The minimum Gasteiger partial charge on any atom is -0.335 e. The lowest BCUT2D eigenvalue weighted by Crippen LogP contribution is -2.09. The molecule has 0 saturated heterocycles. The third kappa shape index (κ3) is 3.38. The van der Waals surface area contributed by atoms with E-state index in [1.807, 2.05) is 0 Å². The van der Waals surface area contributed by atoms with Crippen LogP contribution in [0.1, 0.15) is 5.56 Å². The van der Waals surface area contributed by atoms with Crippen LogP contribution in [-0.2, 0) is 6.18 Å². The Kier molecular flexibility index (Phi) is 3.67. The topological polar surface area (TPSA) is 24.4 Å². The zero-order valence-electron chi connectivity index (χ0n) is 8.51. The Morgan fingerprint density at radius 3 is 2.65 bits per heavy atom. The minimum atomic E-state index is -4.34. The molecule has 0 unspecified atom stereocenters. The maximum atomic E-state index is 12.6. The first kappa shape index (κ1) is 12.8. The van der Waals surface area contributed by atoms with Gasteiger partial charge < -0.3 is 5.32 Å². The van der Waals surface area contributed by atoms with Crippen LogP contribution >= 0.6 is 27.7 Å². The summed E-state index contributed by atoms with van der Waals surface area (Å²) in [6.07, 6.45) is -4.34. The van der Waals surface area contributed by atoms with Crippen LogP contribution in [-0.4, -0.2) is 17.5 Å². The third-order valence-electron chi connectivity index (χ3n) is 2.06. The Hall–Kier alpha value is -0.690. The average molecular weight is 325 g/mol. The number of rotatable bonds is 1. The third-order valence-corrected chi connectivity index (χ3v) is 3.41. The highest BCUT2D eigenvalue weighted by molar-refractivity contribution is 9.10. The van der Waals surface area contributed by atoms with Crippen LogP contribution in [0.15, 0.2) is 27.7 Å². The van der Waals surface area contributed by atoms with Crippen LogP contribution in [0.5, 0.6) is 0 Å². The van der Waals surface area contributed by atoms with Crippen molar-refractivity contribution < 1.29 is 13.2 Å². The largest absolute Gasteiger partial charge is 0.416 e. The maximum Gasteiger partial charge on any atom is 0.416 e. The van der Waals surface area contributed by atoms with Gasteiger partial charge in [-0.25, -0.2) is 0 Å². The van der Waals surface area contributed by atoms with E-state index in [1.54, 1.807) is 6.07 Å². The fourth-order valence-electron chi connectivity index (χ4n) is 1.36. The average Bonchev–Trinajstić information content (AvgIpc) is 2.68. The zero-order valence-corrected chi connectivity index (χ0v) is 10.9. The van der Waals surface area contributed by atoms with Gasteiger partial charge in [0.2, 0.25) is 0 Å². The number of thioether (sulfide) groups is 1. The molecule has 0 fully saturated rings. The molecule has 2 nitrogen and oxygen atoms in total. The minimum absolute atomic E-state index is 0.387. The number of anilines is 1. The van der Waals surface area contributed by atoms with Gasteiger partial charge in [-0.2, -0.15) is 13.2 Å². The molecular formula is C10H8BrF3N2S. The number of nitrogens with zero attached hydrogens (tertiary/aromatic N) is 1. The molecule has 0 aromatic heterocycles. The molecule has 1 heterocycles. The molecule has 1 aromatic carbocycles. The van der Waals surface area contributed by atoms with E-state index in [0.29, 0.717) is 21.9 Å². The number of alkyl halides is 3. The molecule has 1 aliphatic heterocycles.